The van der Waals surface area contributed by atoms with E-state index in [4.69, 9.17) is 0 Å². The molecule has 0 aliphatic rings. The highest BCUT2D eigenvalue weighted by molar-refractivity contribution is 5.92. The maximum atomic E-state index is 12.7. The Labute approximate surface area is 133 Å². The number of carbonyl (C=O) groups is 1. The molecule has 0 unspecified atom stereocenters. The average Bonchev–Trinajstić information content (AvgIpc) is 2.47. The molecule has 5 heteroatoms. The quantitative estimate of drug-likeness (QED) is 0.842. The van der Waals surface area contributed by atoms with E-state index < -0.39 is 11.7 Å². The maximum Gasteiger partial charge on any atom is 0.416 e. The summed E-state index contributed by atoms with van der Waals surface area (Å²) in [5, 5.41) is 2.69. The van der Waals surface area contributed by atoms with Gasteiger partial charge in [-0.1, -0.05) is 44.2 Å². The van der Waals surface area contributed by atoms with Gasteiger partial charge in [-0.05, 0) is 35.2 Å². The van der Waals surface area contributed by atoms with Crippen LogP contribution in [0.2, 0.25) is 0 Å². The molecule has 0 aromatic heterocycles. The Morgan fingerprint density at radius 3 is 2.30 bits per heavy atom. The lowest BCUT2D eigenvalue weighted by Crippen LogP contribution is -2.15. The van der Waals surface area contributed by atoms with Gasteiger partial charge in [0.15, 0.2) is 0 Å². The number of carbonyl (C=O) groups excluding carboxylic acids is 1. The van der Waals surface area contributed by atoms with Gasteiger partial charge >= 0.3 is 6.18 Å². The van der Waals surface area contributed by atoms with Crippen molar-refractivity contribution in [3.8, 4) is 0 Å². The van der Waals surface area contributed by atoms with Crippen LogP contribution in [0.3, 0.4) is 0 Å². The number of anilines is 1. The van der Waals surface area contributed by atoms with Gasteiger partial charge in [0.25, 0.3) is 0 Å². The highest BCUT2D eigenvalue weighted by Crippen LogP contribution is 2.29. The molecule has 122 valence electrons. The molecule has 2 rings (SSSR count). The van der Waals surface area contributed by atoms with Gasteiger partial charge < -0.3 is 5.32 Å². The van der Waals surface area contributed by atoms with Crippen molar-refractivity contribution in [3.05, 3.63) is 65.2 Å². The Bertz CT molecular complexity index is 675. The summed E-state index contributed by atoms with van der Waals surface area (Å²) in [5.74, 6) is 0.0477. The SMILES string of the molecule is CC(C)c1ccc(NC(=O)Cc2cccc(C(F)(F)F)c2)cc1. The highest BCUT2D eigenvalue weighted by Gasteiger charge is 2.30. The van der Waals surface area contributed by atoms with Crippen molar-refractivity contribution in [1.82, 2.24) is 0 Å². The highest BCUT2D eigenvalue weighted by atomic mass is 19.4. The molecule has 23 heavy (non-hydrogen) atoms. The van der Waals surface area contributed by atoms with Crippen LogP contribution in [0.25, 0.3) is 0 Å². The van der Waals surface area contributed by atoms with Gasteiger partial charge in [-0.25, -0.2) is 0 Å². The van der Waals surface area contributed by atoms with Crippen molar-refractivity contribution in [2.24, 2.45) is 0 Å². The van der Waals surface area contributed by atoms with Crippen molar-refractivity contribution < 1.29 is 18.0 Å². The molecule has 2 aromatic rings. The first-order valence-corrected chi connectivity index (χ1v) is 7.31. The summed E-state index contributed by atoms with van der Waals surface area (Å²) < 4.78 is 38.0. The lowest BCUT2D eigenvalue weighted by Gasteiger charge is -2.10. The molecule has 0 aliphatic heterocycles. The monoisotopic (exact) mass is 321 g/mol. The minimum Gasteiger partial charge on any atom is -0.326 e. The van der Waals surface area contributed by atoms with Crippen LogP contribution in [0.15, 0.2) is 48.5 Å². The fourth-order valence-electron chi connectivity index (χ4n) is 2.20. The molecule has 2 nitrogen and oxygen atoms in total. The molecular formula is C18H18F3NO. The number of hydrogen-bond donors (Lipinski definition) is 1. The lowest BCUT2D eigenvalue weighted by atomic mass is 10.0. The molecule has 0 saturated heterocycles. The van der Waals surface area contributed by atoms with Crippen LogP contribution in [-0.2, 0) is 17.4 Å². The predicted octanol–water partition coefficient (Wildman–Crippen LogP) is 5.01. The van der Waals surface area contributed by atoms with Crippen molar-refractivity contribution in [1.29, 1.82) is 0 Å². The second kappa shape index (κ2) is 6.86. The summed E-state index contributed by atoms with van der Waals surface area (Å²) >= 11 is 0. The van der Waals surface area contributed by atoms with Crippen molar-refractivity contribution in [3.63, 3.8) is 0 Å². The molecule has 0 aliphatic carbocycles. The Hall–Kier alpha value is -2.30. The predicted molar refractivity (Wildman–Crippen MR) is 84.3 cm³/mol. The molecular weight excluding hydrogens is 303 g/mol. The fourth-order valence-corrected chi connectivity index (χ4v) is 2.20. The number of amides is 1. The van der Waals surface area contributed by atoms with Crippen LogP contribution >= 0.6 is 0 Å². The molecule has 0 heterocycles. The normalized spacial score (nSPS) is 11.6. The Balaban J connectivity index is 2.02. The Kier molecular flexibility index (Phi) is 5.08. The van der Waals surface area contributed by atoms with Gasteiger partial charge in [0.2, 0.25) is 5.91 Å². The second-order valence-corrected chi connectivity index (χ2v) is 5.70. The van der Waals surface area contributed by atoms with Crippen LogP contribution in [0.5, 0.6) is 0 Å². The standard InChI is InChI=1S/C18H18F3NO/c1-12(2)14-6-8-16(9-7-14)22-17(23)11-13-4-3-5-15(10-13)18(19,20)21/h3-10,12H,11H2,1-2H3,(H,22,23). The van der Waals surface area contributed by atoms with Crippen LogP contribution in [-0.4, -0.2) is 5.91 Å². The van der Waals surface area contributed by atoms with E-state index in [1.165, 1.54) is 12.1 Å². The molecule has 0 fully saturated rings. The number of hydrogen-bond acceptors (Lipinski definition) is 1. The van der Waals surface area contributed by atoms with Crippen LogP contribution in [0.1, 0.15) is 36.5 Å². The number of alkyl halides is 3. The van der Waals surface area contributed by atoms with Crippen molar-refractivity contribution in [2.75, 3.05) is 5.32 Å². The third-order valence-corrected chi connectivity index (χ3v) is 3.48. The van der Waals surface area contributed by atoms with E-state index in [9.17, 15) is 18.0 Å². The first-order valence-electron chi connectivity index (χ1n) is 7.31. The minimum atomic E-state index is -4.40. The smallest absolute Gasteiger partial charge is 0.326 e. The van der Waals surface area contributed by atoms with E-state index in [0.717, 1.165) is 17.7 Å². The third-order valence-electron chi connectivity index (χ3n) is 3.48. The van der Waals surface area contributed by atoms with Gasteiger partial charge in [0, 0.05) is 5.69 Å². The minimum absolute atomic E-state index is 0.101. The maximum absolute atomic E-state index is 12.7. The number of benzene rings is 2. The van der Waals surface area contributed by atoms with E-state index in [0.29, 0.717) is 17.2 Å². The molecule has 1 N–H and O–H groups in total. The topological polar surface area (TPSA) is 29.1 Å². The van der Waals surface area contributed by atoms with E-state index in [-0.39, 0.29) is 12.3 Å². The van der Waals surface area contributed by atoms with E-state index in [1.54, 1.807) is 12.1 Å². The van der Waals surface area contributed by atoms with Crippen LogP contribution in [0.4, 0.5) is 18.9 Å². The first kappa shape index (κ1) is 17.1. The van der Waals surface area contributed by atoms with Gasteiger partial charge in [0.1, 0.15) is 0 Å². The molecule has 2 aromatic carbocycles. The van der Waals surface area contributed by atoms with Gasteiger partial charge in [0.05, 0.1) is 12.0 Å². The fraction of sp³-hybridized carbons (Fsp3) is 0.278. The van der Waals surface area contributed by atoms with E-state index in [1.807, 2.05) is 12.1 Å². The Morgan fingerprint density at radius 1 is 1.09 bits per heavy atom. The number of halogens is 3. The average molecular weight is 321 g/mol. The molecule has 1 amide bonds. The summed E-state index contributed by atoms with van der Waals surface area (Å²) in [7, 11) is 0. The summed E-state index contributed by atoms with van der Waals surface area (Å²) in [4.78, 5) is 12.0. The third kappa shape index (κ3) is 4.84. The summed E-state index contributed by atoms with van der Waals surface area (Å²) in [6, 6.07) is 12.2. The van der Waals surface area contributed by atoms with Crippen LogP contribution in [0, 0.1) is 0 Å². The van der Waals surface area contributed by atoms with Gasteiger partial charge in [-0.2, -0.15) is 13.2 Å². The Morgan fingerprint density at radius 2 is 1.74 bits per heavy atom. The molecule has 0 radical (unpaired) electrons. The second-order valence-electron chi connectivity index (χ2n) is 5.70. The molecule has 0 bridgehead atoms. The zero-order valence-electron chi connectivity index (χ0n) is 12.9. The molecule has 0 saturated carbocycles. The van der Waals surface area contributed by atoms with Crippen molar-refractivity contribution in [2.45, 2.75) is 32.4 Å². The lowest BCUT2D eigenvalue weighted by molar-refractivity contribution is -0.137. The van der Waals surface area contributed by atoms with E-state index >= 15 is 0 Å². The summed E-state index contributed by atoms with van der Waals surface area (Å²) in [6.07, 6.45) is -4.50. The summed E-state index contributed by atoms with van der Waals surface area (Å²) in [5.41, 5.74) is 1.37. The summed E-state index contributed by atoms with van der Waals surface area (Å²) in [6.45, 7) is 4.14. The van der Waals surface area contributed by atoms with E-state index in [2.05, 4.69) is 19.2 Å². The largest absolute Gasteiger partial charge is 0.416 e. The first-order chi connectivity index (χ1) is 10.8. The molecule has 0 spiro atoms. The number of nitrogens with one attached hydrogen (secondary N) is 1. The van der Waals surface area contributed by atoms with Crippen LogP contribution < -0.4 is 5.32 Å². The van der Waals surface area contributed by atoms with Crippen molar-refractivity contribution >= 4 is 11.6 Å². The zero-order valence-corrected chi connectivity index (χ0v) is 12.9. The zero-order chi connectivity index (χ0) is 17.0. The van der Waals surface area contributed by atoms with Gasteiger partial charge in [-0.15, -0.1) is 0 Å². The van der Waals surface area contributed by atoms with Gasteiger partial charge in [-0.3, -0.25) is 4.79 Å². The molecule has 0 atom stereocenters. The number of rotatable bonds is 4.